The Hall–Kier alpha value is -1.18. The number of nitro benzene ring substituents is 1. The van der Waals surface area contributed by atoms with Gasteiger partial charge in [0.2, 0.25) is 0 Å². The molecule has 0 radical (unpaired) electrons. The molecule has 1 rings (SSSR count). The molecule has 7 heteroatoms. The zero-order valence-corrected chi connectivity index (χ0v) is 12.0. The van der Waals surface area contributed by atoms with Crippen LogP contribution in [0, 0.1) is 17.0 Å². The standard InChI is InChI=1S/C11H15BrN2O4/c1-7-4-9(13-6-11(17-2)18-3)8(12)5-10(7)14(15)16/h4-5,11,13H,6H2,1-3H3. The van der Waals surface area contributed by atoms with Crippen LogP contribution in [0.25, 0.3) is 0 Å². The third kappa shape index (κ3) is 3.66. The van der Waals surface area contributed by atoms with E-state index in [1.807, 2.05) is 0 Å². The van der Waals surface area contributed by atoms with Crippen molar-refractivity contribution in [2.75, 3.05) is 26.1 Å². The van der Waals surface area contributed by atoms with E-state index < -0.39 is 4.92 Å². The maximum absolute atomic E-state index is 10.8. The molecular weight excluding hydrogens is 304 g/mol. The van der Waals surface area contributed by atoms with Crippen LogP contribution in [-0.2, 0) is 9.47 Å². The van der Waals surface area contributed by atoms with Crippen molar-refractivity contribution in [2.24, 2.45) is 0 Å². The molecule has 0 atom stereocenters. The highest BCUT2D eigenvalue weighted by atomic mass is 79.9. The summed E-state index contributed by atoms with van der Waals surface area (Å²) < 4.78 is 10.7. The number of benzene rings is 1. The number of hydrogen-bond acceptors (Lipinski definition) is 5. The quantitative estimate of drug-likeness (QED) is 0.496. The first-order valence-electron chi connectivity index (χ1n) is 5.23. The first kappa shape index (κ1) is 14.9. The van der Waals surface area contributed by atoms with Gasteiger partial charge in [0.25, 0.3) is 5.69 Å². The molecule has 0 saturated carbocycles. The van der Waals surface area contributed by atoms with Crippen molar-refractivity contribution in [3.8, 4) is 0 Å². The number of rotatable bonds is 6. The minimum Gasteiger partial charge on any atom is -0.379 e. The van der Waals surface area contributed by atoms with Gasteiger partial charge in [0.1, 0.15) is 0 Å². The van der Waals surface area contributed by atoms with E-state index in [0.29, 0.717) is 16.6 Å². The topological polar surface area (TPSA) is 73.6 Å². The number of anilines is 1. The molecule has 1 aromatic carbocycles. The van der Waals surface area contributed by atoms with Crippen molar-refractivity contribution in [1.29, 1.82) is 0 Å². The number of ether oxygens (including phenoxy) is 2. The molecule has 0 aromatic heterocycles. The fourth-order valence-corrected chi connectivity index (χ4v) is 1.93. The van der Waals surface area contributed by atoms with Gasteiger partial charge in [0.15, 0.2) is 6.29 Å². The molecule has 0 fully saturated rings. The molecule has 100 valence electrons. The molecule has 18 heavy (non-hydrogen) atoms. The second kappa shape index (κ2) is 6.67. The lowest BCUT2D eigenvalue weighted by Crippen LogP contribution is -2.23. The largest absolute Gasteiger partial charge is 0.379 e. The van der Waals surface area contributed by atoms with Crippen LogP contribution in [0.15, 0.2) is 16.6 Å². The zero-order valence-electron chi connectivity index (χ0n) is 10.4. The second-order valence-corrected chi connectivity index (χ2v) is 4.51. The molecule has 1 aromatic rings. The maximum Gasteiger partial charge on any atom is 0.273 e. The van der Waals surface area contributed by atoms with Gasteiger partial charge >= 0.3 is 0 Å². The van der Waals surface area contributed by atoms with Gasteiger partial charge in [0, 0.05) is 36.0 Å². The predicted octanol–water partition coefficient (Wildman–Crippen LogP) is 2.70. The Kier molecular flexibility index (Phi) is 5.52. The molecule has 0 aliphatic rings. The zero-order chi connectivity index (χ0) is 13.7. The van der Waals surface area contributed by atoms with E-state index >= 15 is 0 Å². The van der Waals surface area contributed by atoms with Gasteiger partial charge in [-0.3, -0.25) is 10.1 Å². The van der Waals surface area contributed by atoms with Gasteiger partial charge in [-0.05, 0) is 28.9 Å². The van der Waals surface area contributed by atoms with Crippen molar-refractivity contribution in [1.82, 2.24) is 0 Å². The molecule has 0 bridgehead atoms. The molecule has 0 amide bonds. The second-order valence-electron chi connectivity index (χ2n) is 3.66. The molecule has 0 heterocycles. The molecule has 6 nitrogen and oxygen atoms in total. The summed E-state index contributed by atoms with van der Waals surface area (Å²) in [5.41, 5.74) is 1.44. The van der Waals surface area contributed by atoms with Crippen molar-refractivity contribution in [3.63, 3.8) is 0 Å². The van der Waals surface area contributed by atoms with Gasteiger partial charge in [-0.25, -0.2) is 0 Å². The monoisotopic (exact) mass is 318 g/mol. The van der Waals surface area contributed by atoms with Crippen LogP contribution in [0.5, 0.6) is 0 Å². The predicted molar refractivity (Wildman–Crippen MR) is 71.8 cm³/mol. The maximum atomic E-state index is 10.8. The number of nitrogens with zero attached hydrogens (tertiary/aromatic N) is 1. The number of methoxy groups -OCH3 is 2. The average molecular weight is 319 g/mol. The Bertz CT molecular complexity index is 435. The average Bonchev–Trinajstić information content (AvgIpc) is 2.33. The molecular formula is C11H15BrN2O4. The molecule has 1 N–H and O–H groups in total. The highest BCUT2D eigenvalue weighted by Crippen LogP contribution is 2.30. The van der Waals surface area contributed by atoms with Crippen LogP contribution in [0.1, 0.15) is 5.56 Å². The Labute approximate surface area is 114 Å². The molecule has 0 spiro atoms. The SMILES string of the molecule is COC(CNc1cc(C)c([N+](=O)[O-])cc1Br)OC. The van der Waals surface area contributed by atoms with E-state index in [1.165, 1.54) is 6.07 Å². The number of nitro groups is 1. The fourth-order valence-electron chi connectivity index (χ4n) is 1.46. The summed E-state index contributed by atoms with van der Waals surface area (Å²) in [5.74, 6) is 0. The summed E-state index contributed by atoms with van der Waals surface area (Å²) in [5, 5.41) is 13.9. The molecule has 0 saturated heterocycles. The van der Waals surface area contributed by atoms with E-state index in [2.05, 4.69) is 21.2 Å². The van der Waals surface area contributed by atoms with Crippen molar-refractivity contribution >= 4 is 27.3 Å². The minimum absolute atomic E-state index is 0.0856. The van der Waals surface area contributed by atoms with E-state index in [0.717, 1.165) is 5.69 Å². The third-order valence-electron chi connectivity index (χ3n) is 2.47. The smallest absolute Gasteiger partial charge is 0.273 e. The molecule has 0 aliphatic carbocycles. The normalized spacial score (nSPS) is 10.7. The van der Waals surface area contributed by atoms with E-state index in [-0.39, 0.29) is 12.0 Å². The number of aryl methyl sites for hydroxylation is 1. The fraction of sp³-hybridized carbons (Fsp3) is 0.455. The van der Waals surface area contributed by atoms with Crippen LogP contribution >= 0.6 is 15.9 Å². The van der Waals surface area contributed by atoms with Crippen LogP contribution in [0.2, 0.25) is 0 Å². The summed E-state index contributed by atoms with van der Waals surface area (Å²) in [7, 11) is 3.10. The Morgan fingerprint density at radius 3 is 2.56 bits per heavy atom. The lowest BCUT2D eigenvalue weighted by Gasteiger charge is -2.16. The van der Waals surface area contributed by atoms with Crippen LogP contribution in [0.4, 0.5) is 11.4 Å². The van der Waals surface area contributed by atoms with Crippen LogP contribution in [-0.4, -0.2) is 32.0 Å². The first-order valence-corrected chi connectivity index (χ1v) is 6.03. The summed E-state index contributed by atoms with van der Waals surface area (Å²) in [6, 6.07) is 3.19. The lowest BCUT2D eigenvalue weighted by molar-refractivity contribution is -0.385. The highest BCUT2D eigenvalue weighted by Gasteiger charge is 2.14. The minimum atomic E-state index is -0.406. The van der Waals surface area contributed by atoms with E-state index in [1.54, 1.807) is 27.2 Å². The first-order chi connectivity index (χ1) is 8.49. The third-order valence-corrected chi connectivity index (χ3v) is 3.12. The van der Waals surface area contributed by atoms with Crippen molar-refractivity contribution in [3.05, 3.63) is 32.3 Å². The van der Waals surface area contributed by atoms with Gasteiger partial charge in [-0.1, -0.05) is 0 Å². The highest BCUT2D eigenvalue weighted by molar-refractivity contribution is 9.10. The van der Waals surface area contributed by atoms with Gasteiger partial charge < -0.3 is 14.8 Å². The number of nitrogens with one attached hydrogen (secondary N) is 1. The molecule has 0 aliphatic heterocycles. The van der Waals surface area contributed by atoms with E-state index in [9.17, 15) is 10.1 Å². The summed E-state index contributed by atoms with van der Waals surface area (Å²) in [6.07, 6.45) is -0.368. The van der Waals surface area contributed by atoms with Crippen LogP contribution < -0.4 is 5.32 Å². The Balaban J connectivity index is 2.85. The van der Waals surface area contributed by atoms with Gasteiger partial charge in [-0.2, -0.15) is 0 Å². The van der Waals surface area contributed by atoms with Crippen molar-refractivity contribution in [2.45, 2.75) is 13.2 Å². The van der Waals surface area contributed by atoms with Gasteiger partial charge in [-0.15, -0.1) is 0 Å². The van der Waals surface area contributed by atoms with Crippen molar-refractivity contribution < 1.29 is 14.4 Å². The van der Waals surface area contributed by atoms with E-state index in [4.69, 9.17) is 9.47 Å². The summed E-state index contributed by atoms with van der Waals surface area (Å²) in [6.45, 7) is 2.14. The summed E-state index contributed by atoms with van der Waals surface area (Å²) >= 11 is 3.29. The number of hydrogen-bond donors (Lipinski definition) is 1. The Morgan fingerprint density at radius 1 is 1.44 bits per heavy atom. The summed E-state index contributed by atoms with van der Waals surface area (Å²) in [4.78, 5) is 10.4. The molecule has 0 unspecified atom stereocenters. The lowest BCUT2D eigenvalue weighted by atomic mass is 10.2. The van der Waals surface area contributed by atoms with Crippen LogP contribution in [0.3, 0.4) is 0 Å². The Morgan fingerprint density at radius 2 is 2.06 bits per heavy atom. The number of halogens is 1. The van der Waals surface area contributed by atoms with Gasteiger partial charge in [0.05, 0.1) is 11.5 Å².